The fourth-order valence-electron chi connectivity index (χ4n) is 6.45. The van der Waals surface area contributed by atoms with Crippen LogP contribution in [-0.2, 0) is 30.4 Å². The molecule has 1 aromatic carbocycles. The smallest absolute Gasteiger partial charge is 0.246 e. The van der Waals surface area contributed by atoms with E-state index in [1.165, 1.54) is 4.90 Å². The van der Waals surface area contributed by atoms with Gasteiger partial charge in [-0.3, -0.25) is 24.0 Å². The molecule has 5 amide bonds. The number of fused-ring (bicyclic) bond motifs is 2. The predicted molar refractivity (Wildman–Crippen MR) is 157 cm³/mol. The van der Waals surface area contributed by atoms with Crippen molar-refractivity contribution in [1.82, 2.24) is 31.2 Å². The standard InChI is InChI=1S/C31H42N6O5/c1-17(2)22-9-8-18(3)12-28(39)35-25(13-19-15-32-23-7-5-4-6-21(19)23)31(42)37-16-20(14-26(37)30(41)36-22)33-29(40)24-10-11-27(38)34-24/h4-7,15,17-18,20,22,24-26,32H,8-14,16H2,1-3H3,(H,33,40)(H,34,38)(H,35,39)(H,36,41)/t18-,20-,22+,24+,25-,26+/m1/s1. The number of amides is 5. The van der Waals surface area contributed by atoms with Gasteiger partial charge in [0.05, 0.1) is 0 Å². The van der Waals surface area contributed by atoms with Crippen LogP contribution >= 0.6 is 0 Å². The first-order valence-corrected chi connectivity index (χ1v) is 15.1. The van der Waals surface area contributed by atoms with Crippen LogP contribution in [0.1, 0.15) is 64.9 Å². The zero-order valence-corrected chi connectivity index (χ0v) is 24.6. The number of aromatic amines is 1. The number of benzene rings is 1. The van der Waals surface area contributed by atoms with E-state index in [4.69, 9.17) is 0 Å². The number of hydrogen-bond donors (Lipinski definition) is 5. The summed E-state index contributed by atoms with van der Waals surface area (Å²) in [5, 5.41) is 12.8. The number of carbonyl (C=O) groups excluding carboxylic acids is 5. The molecule has 0 spiro atoms. The van der Waals surface area contributed by atoms with E-state index in [1.54, 1.807) is 0 Å². The molecular weight excluding hydrogens is 536 g/mol. The van der Waals surface area contributed by atoms with Crippen molar-refractivity contribution < 1.29 is 24.0 Å². The van der Waals surface area contributed by atoms with Gasteiger partial charge in [0.25, 0.3) is 0 Å². The van der Waals surface area contributed by atoms with Crippen LogP contribution in [0, 0.1) is 11.8 Å². The lowest BCUT2D eigenvalue weighted by atomic mass is 9.92. The summed E-state index contributed by atoms with van der Waals surface area (Å²) < 4.78 is 0. The molecular formula is C31H42N6O5. The third-order valence-corrected chi connectivity index (χ3v) is 8.91. The summed E-state index contributed by atoms with van der Waals surface area (Å²) in [5.74, 6) is -1.03. The Morgan fingerprint density at radius 2 is 1.81 bits per heavy atom. The van der Waals surface area contributed by atoms with Crippen LogP contribution in [0.3, 0.4) is 0 Å². The zero-order valence-electron chi connectivity index (χ0n) is 24.6. The number of para-hydroxylation sites is 1. The lowest BCUT2D eigenvalue weighted by Gasteiger charge is -2.30. The van der Waals surface area contributed by atoms with Crippen molar-refractivity contribution in [3.8, 4) is 0 Å². The molecule has 226 valence electrons. The van der Waals surface area contributed by atoms with E-state index < -0.39 is 24.2 Å². The van der Waals surface area contributed by atoms with E-state index in [9.17, 15) is 24.0 Å². The number of carbonyl (C=O) groups is 5. The molecule has 5 N–H and O–H groups in total. The number of rotatable bonds is 5. The fraction of sp³-hybridized carbons (Fsp3) is 0.581. The molecule has 11 nitrogen and oxygen atoms in total. The summed E-state index contributed by atoms with van der Waals surface area (Å²) >= 11 is 0. The molecule has 4 heterocycles. The topological polar surface area (TPSA) is 152 Å². The first kappa shape index (κ1) is 29.6. The minimum absolute atomic E-state index is 0.0863. The number of nitrogens with one attached hydrogen (secondary N) is 5. The molecule has 5 rings (SSSR count). The fourth-order valence-corrected chi connectivity index (χ4v) is 6.45. The maximum atomic E-state index is 14.3. The van der Waals surface area contributed by atoms with Gasteiger partial charge in [-0.1, -0.05) is 39.0 Å². The van der Waals surface area contributed by atoms with Gasteiger partial charge >= 0.3 is 0 Å². The molecule has 0 aliphatic carbocycles. The van der Waals surface area contributed by atoms with Crippen molar-refractivity contribution in [1.29, 1.82) is 0 Å². The maximum absolute atomic E-state index is 14.3. The quantitative estimate of drug-likeness (QED) is 0.364. The molecule has 3 aliphatic heterocycles. The Morgan fingerprint density at radius 3 is 2.55 bits per heavy atom. The summed E-state index contributed by atoms with van der Waals surface area (Å²) in [5.41, 5.74) is 1.83. The first-order chi connectivity index (χ1) is 20.1. The lowest BCUT2D eigenvalue weighted by molar-refractivity contribution is -0.141. The molecule has 0 radical (unpaired) electrons. The number of aromatic nitrogens is 1. The second-order valence-corrected chi connectivity index (χ2v) is 12.5. The molecule has 42 heavy (non-hydrogen) atoms. The Hall–Kier alpha value is -3.89. The Morgan fingerprint density at radius 1 is 1.02 bits per heavy atom. The Labute approximate surface area is 245 Å². The van der Waals surface area contributed by atoms with Crippen LogP contribution in [0.4, 0.5) is 0 Å². The maximum Gasteiger partial charge on any atom is 0.246 e. The molecule has 3 saturated heterocycles. The van der Waals surface area contributed by atoms with E-state index in [-0.39, 0.29) is 73.2 Å². The van der Waals surface area contributed by atoms with Gasteiger partial charge in [-0.2, -0.15) is 0 Å². The average Bonchev–Trinajstić information content (AvgIpc) is 3.68. The average molecular weight is 579 g/mol. The molecule has 3 aliphatic rings. The highest BCUT2D eigenvalue weighted by Gasteiger charge is 2.44. The molecule has 1 aromatic heterocycles. The normalized spacial score (nSPS) is 29.3. The van der Waals surface area contributed by atoms with Gasteiger partial charge in [-0.15, -0.1) is 0 Å². The zero-order chi connectivity index (χ0) is 30.0. The summed E-state index contributed by atoms with van der Waals surface area (Å²) in [4.78, 5) is 70.6. The van der Waals surface area contributed by atoms with Gasteiger partial charge in [0, 0.05) is 55.0 Å². The molecule has 0 bridgehead atoms. The van der Waals surface area contributed by atoms with Crippen LogP contribution in [0.25, 0.3) is 10.9 Å². The first-order valence-electron chi connectivity index (χ1n) is 15.1. The van der Waals surface area contributed by atoms with E-state index >= 15 is 0 Å². The van der Waals surface area contributed by atoms with Gasteiger partial charge in [0.2, 0.25) is 29.5 Å². The molecule has 0 saturated carbocycles. The van der Waals surface area contributed by atoms with Crippen molar-refractivity contribution in [3.63, 3.8) is 0 Å². The highest BCUT2D eigenvalue weighted by atomic mass is 16.2. The molecule has 2 aromatic rings. The second-order valence-electron chi connectivity index (χ2n) is 12.5. The van der Waals surface area contributed by atoms with E-state index in [2.05, 4.69) is 26.3 Å². The van der Waals surface area contributed by atoms with Gasteiger partial charge in [0.15, 0.2) is 0 Å². The van der Waals surface area contributed by atoms with Crippen molar-refractivity contribution >= 4 is 40.4 Å². The SMILES string of the molecule is CC(C)[C@@H]1CC[C@@H](C)CC(=O)N[C@H](Cc2c[nH]c3ccccc23)C(=O)N2C[C@H](NC(=O)[C@@H]3CCC(=O)N3)C[C@H]2C(=O)N1. The highest BCUT2D eigenvalue weighted by Crippen LogP contribution is 2.25. The summed E-state index contributed by atoms with van der Waals surface area (Å²) in [6, 6.07) is 4.91. The highest BCUT2D eigenvalue weighted by molar-refractivity contribution is 5.95. The van der Waals surface area contributed by atoms with E-state index in [1.807, 2.05) is 51.2 Å². The lowest BCUT2D eigenvalue weighted by Crippen LogP contribution is -2.55. The van der Waals surface area contributed by atoms with Gasteiger partial charge in [-0.25, -0.2) is 0 Å². The minimum Gasteiger partial charge on any atom is -0.361 e. The summed E-state index contributed by atoms with van der Waals surface area (Å²) in [7, 11) is 0. The van der Waals surface area contributed by atoms with Gasteiger partial charge in [-0.05, 0) is 49.1 Å². The van der Waals surface area contributed by atoms with Crippen LogP contribution in [0.5, 0.6) is 0 Å². The Kier molecular flexibility index (Phi) is 8.84. The molecule has 0 unspecified atom stereocenters. The largest absolute Gasteiger partial charge is 0.361 e. The molecule has 6 atom stereocenters. The predicted octanol–water partition coefficient (Wildman–Crippen LogP) is 1.52. The summed E-state index contributed by atoms with van der Waals surface area (Å²) in [6.07, 6.45) is 4.84. The van der Waals surface area contributed by atoms with E-state index in [0.717, 1.165) is 29.3 Å². The Bertz CT molecular complexity index is 1350. The van der Waals surface area contributed by atoms with Crippen molar-refractivity contribution in [2.75, 3.05) is 6.54 Å². The number of H-pyrrole nitrogens is 1. The number of hydrogen-bond acceptors (Lipinski definition) is 5. The van der Waals surface area contributed by atoms with Crippen molar-refractivity contribution in [2.45, 2.75) is 95.9 Å². The van der Waals surface area contributed by atoms with Crippen LogP contribution in [-0.4, -0.2) is 76.2 Å². The monoisotopic (exact) mass is 578 g/mol. The third-order valence-electron chi connectivity index (χ3n) is 8.91. The summed E-state index contributed by atoms with van der Waals surface area (Å²) in [6.45, 7) is 6.25. The Balaban J connectivity index is 1.43. The van der Waals surface area contributed by atoms with Crippen LogP contribution < -0.4 is 21.3 Å². The van der Waals surface area contributed by atoms with E-state index in [0.29, 0.717) is 12.8 Å². The molecule has 11 heteroatoms. The minimum atomic E-state index is -0.885. The second kappa shape index (κ2) is 12.5. The van der Waals surface area contributed by atoms with Gasteiger partial charge < -0.3 is 31.2 Å². The van der Waals surface area contributed by atoms with Crippen molar-refractivity contribution in [2.24, 2.45) is 11.8 Å². The van der Waals surface area contributed by atoms with Crippen LogP contribution in [0.2, 0.25) is 0 Å². The van der Waals surface area contributed by atoms with Gasteiger partial charge in [0.1, 0.15) is 18.1 Å². The van der Waals surface area contributed by atoms with Crippen LogP contribution in [0.15, 0.2) is 30.5 Å². The molecule has 3 fully saturated rings. The van der Waals surface area contributed by atoms with Crippen molar-refractivity contribution in [3.05, 3.63) is 36.0 Å². The number of nitrogens with zero attached hydrogens (tertiary/aromatic N) is 1. The third kappa shape index (κ3) is 6.60.